The van der Waals surface area contributed by atoms with E-state index in [1.54, 1.807) is 13.0 Å². The number of fused-ring (bicyclic) bond motifs is 4. The fraction of sp³-hybridized carbons (Fsp3) is 0.458. The first kappa shape index (κ1) is 21.2. The highest BCUT2D eigenvalue weighted by molar-refractivity contribution is 5.97. The fourth-order valence-corrected chi connectivity index (χ4v) is 4.45. The number of carbonyl (C=O) groups is 2. The summed E-state index contributed by atoms with van der Waals surface area (Å²) in [5.41, 5.74) is 2.68. The summed E-state index contributed by atoms with van der Waals surface area (Å²) in [4.78, 5) is 36.6. The van der Waals surface area contributed by atoms with Crippen LogP contribution in [0.25, 0.3) is 21.9 Å². The van der Waals surface area contributed by atoms with Crippen molar-refractivity contribution in [2.75, 3.05) is 0 Å². The third-order valence-electron chi connectivity index (χ3n) is 6.04. The van der Waals surface area contributed by atoms with Crippen LogP contribution < -0.4 is 10.9 Å². The molecule has 0 saturated carbocycles. The SMILES string of the molecule is Cc1c(CC(=O)N[C@@H](CC(C)C)C(=O)O)c(=O)oc2cc3oc4c(c3cc12)CCCC4. The van der Waals surface area contributed by atoms with E-state index in [-0.39, 0.29) is 17.9 Å². The molecular formula is C24H27NO6. The normalized spacial score (nSPS) is 14.7. The molecule has 4 rings (SSSR count). The molecule has 0 spiro atoms. The number of aliphatic carboxylic acids is 1. The van der Waals surface area contributed by atoms with E-state index in [2.05, 4.69) is 5.32 Å². The van der Waals surface area contributed by atoms with Crippen molar-refractivity contribution in [1.29, 1.82) is 0 Å². The lowest BCUT2D eigenvalue weighted by atomic mass is 9.94. The van der Waals surface area contributed by atoms with Gasteiger partial charge in [0.1, 0.15) is 23.0 Å². The second-order valence-electron chi connectivity index (χ2n) is 8.81. The third-order valence-corrected chi connectivity index (χ3v) is 6.04. The zero-order valence-corrected chi connectivity index (χ0v) is 18.0. The Morgan fingerprint density at radius 3 is 2.52 bits per heavy atom. The van der Waals surface area contributed by atoms with Crippen LogP contribution in [0.4, 0.5) is 0 Å². The number of aryl methyl sites for hydroxylation is 3. The first-order valence-electron chi connectivity index (χ1n) is 10.8. The van der Waals surface area contributed by atoms with Crippen LogP contribution >= 0.6 is 0 Å². The first-order chi connectivity index (χ1) is 14.7. The predicted molar refractivity (Wildman–Crippen MR) is 116 cm³/mol. The molecule has 164 valence electrons. The van der Waals surface area contributed by atoms with Gasteiger partial charge in [-0.15, -0.1) is 0 Å². The molecule has 0 saturated heterocycles. The number of amides is 1. The van der Waals surface area contributed by atoms with Crippen LogP contribution in [0.2, 0.25) is 0 Å². The summed E-state index contributed by atoms with van der Waals surface area (Å²) in [6.07, 6.45) is 4.19. The maximum Gasteiger partial charge on any atom is 0.340 e. The molecule has 0 fully saturated rings. The van der Waals surface area contributed by atoms with E-state index in [9.17, 15) is 19.5 Å². The number of hydrogen-bond acceptors (Lipinski definition) is 5. The highest BCUT2D eigenvalue weighted by atomic mass is 16.4. The summed E-state index contributed by atoms with van der Waals surface area (Å²) in [7, 11) is 0. The number of furan rings is 1. The van der Waals surface area contributed by atoms with E-state index in [1.807, 2.05) is 19.9 Å². The average molecular weight is 425 g/mol. The summed E-state index contributed by atoms with van der Waals surface area (Å²) in [6.45, 7) is 5.57. The lowest BCUT2D eigenvalue weighted by Crippen LogP contribution is -2.42. The molecule has 0 bridgehead atoms. The van der Waals surface area contributed by atoms with E-state index in [0.717, 1.165) is 42.2 Å². The van der Waals surface area contributed by atoms with Crippen LogP contribution in [0, 0.1) is 12.8 Å². The summed E-state index contributed by atoms with van der Waals surface area (Å²) >= 11 is 0. The zero-order chi connectivity index (χ0) is 22.3. The molecule has 2 aromatic heterocycles. The Morgan fingerprint density at radius 1 is 1.10 bits per heavy atom. The van der Waals surface area contributed by atoms with Crippen molar-refractivity contribution in [3.8, 4) is 0 Å². The van der Waals surface area contributed by atoms with Gasteiger partial charge in [-0.25, -0.2) is 9.59 Å². The maximum atomic E-state index is 12.6. The van der Waals surface area contributed by atoms with Crippen molar-refractivity contribution in [3.05, 3.63) is 45.0 Å². The van der Waals surface area contributed by atoms with Gasteiger partial charge in [-0.1, -0.05) is 13.8 Å². The second kappa shape index (κ2) is 8.21. The molecule has 1 aliphatic carbocycles. The van der Waals surface area contributed by atoms with Crippen LogP contribution in [0.5, 0.6) is 0 Å². The van der Waals surface area contributed by atoms with E-state index < -0.39 is 23.5 Å². The number of benzene rings is 1. The Morgan fingerprint density at radius 2 is 1.81 bits per heavy atom. The van der Waals surface area contributed by atoms with Crippen molar-refractivity contribution < 1.29 is 23.5 Å². The number of rotatable bonds is 6. The van der Waals surface area contributed by atoms with E-state index in [1.165, 1.54) is 5.56 Å². The van der Waals surface area contributed by atoms with Crippen LogP contribution in [-0.2, 0) is 28.9 Å². The molecule has 0 aliphatic heterocycles. The molecule has 1 amide bonds. The number of carboxylic acid groups (broad SMARTS) is 1. The minimum atomic E-state index is -1.09. The van der Waals surface area contributed by atoms with Gasteiger partial charge in [-0.2, -0.15) is 0 Å². The topological polar surface area (TPSA) is 110 Å². The fourth-order valence-electron chi connectivity index (χ4n) is 4.45. The number of nitrogens with one attached hydrogen (secondary N) is 1. The molecule has 31 heavy (non-hydrogen) atoms. The number of carbonyl (C=O) groups excluding carboxylic acids is 1. The zero-order valence-electron chi connectivity index (χ0n) is 18.0. The molecule has 0 unspecified atom stereocenters. The molecule has 1 aliphatic rings. The lowest BCUT2D eigenvalue weighted by molar-refractivity contribution is -0.142. The van der Waals surface area contributed by atoms with Gasteiger partial charge in [0.15, 0.2) is 0 Å². The Balaban J connectivity index is 1.69. The Bertz CT molecular complexity index is 1230. The van der Waals surface area contributed by atoms with Gasteiger partial charge in [0.25, 0.3) is 0 Å². The van der Waals surface area contributed by atoms with Crippen molar-refractivity contribution in [3.63, 3.8) is 0 Å². The minimum absolute atomic E-state index is 0.108. The Kier molecular flexibility index (Phi) is 5.60. The Hall–Kier alpha value is -3.09. The van der Waals surface area contributed by atoms with Crippen LogP contribution in [0.1, 0.15) is 55.6 Å². The summed E-state index contributed by atoms with van der Waals surface area (Å²) in [5.74, 6) is -0.487. The predicted octanol–water partition coefficient (Wildman–Crippen LogP) is 3.88. The lowest BCUT2D eigenvalue weighted by Gasteiger charge is -2.16. The largest absolute Gasteiger partial charge is 0.480 e. The van der Waals surface area contributed by atoms with Crippen molar-refractivity contribution >= 4 is 33.8 Å². The number of hydrogen-bond donors (Lipinski definition) is 2. The van der Waals surface area contributed by atoms with Crippen molar-refractivity contribution in [1.82, 2.24) is 5.32 Å². The van der Waals surface area contributed by atoms with E-state index in [0.29, 0.717) is 23.2 Å². The monoisotopic (exact) mass is 425 g/mol. The molecule has 2 N–H and O–H groups in total. The highest BCUT2D eigenvalue weighted by Crippen LogP contribution is 2.35. The van der Waals surface area contributed by atoms with Gasteiger partial charge in [-0.3, -0.25) is 4.79 Å². The second-order valence-corrected chi connectivity index (χ2v) is 8.81. The number of carboxylic acids is 1. The molecule has 3 aromatic rings. The summed E-state index contributed by atoms with van der Waals surface area (Å²) in [6, 6.07) is 2.75. The van der Waals surface area contributed by atoms with Gasteiger partial charge >= 0.3 is 11.6 Å². The Labute approximate surface area is 179 Å². The summed E-state index contributed by atoms with van der Waals surface area (Å²) in [5, 5.41) is 13.7. The van der Waals surface area contributed by atoms with Gasteiger partial charge in [0.2, 0.25) is 5.91 Å². The van der Waals surface area contributed by atoms with Crippen molar-refractivity contribution in [2.24, 2.45) is 5.92 Å². The highest BCUT2D eigenvalue weighted by Gasteiger charge is 2.24. The van der Waals surface area contributed by atoms with Crippen LogP contribution in [0.3, 0.4) is 0 Å². The van der Waals surface area contributed by atoms with Gasteiger partial charge in [-0.05, 0) is 50.2 Å². The average Bonchev–Trinajstić information content (AvgIpc) is 3.06. The molecule has 7 heteroatoms. The quantitative estimate of drug-likeness (QED) is 0.580. The first-order valence-corrected chi connectivity index (χ1v) is 10.8. The van der Waals surface area contributed by atoms with Gasteiger partial charge < -0.3 is 19.3 Å². The minimum Gasteiger partial charge on any atom is -0.480 e. The smallest absolute Gasteiger partial charge is 0.340 e. The van der Waals surface area contributed by atoms with E-state index >= 15 is 0 Å². The van der Waals surface area contributed by atoms with Gasteiger partial charge in [0, 0.05) is 28.8 Å². The van der Waals surface area contributed by atoms with Crippen molar-refractivity contribution in [2.45, 2.75) is 65.3 Å². The molecule has 2 heterocycles. The molecule has 1 aromatic carbocycles. The van der Waals surface area contributed by atoms with Crippen LogP contribution in [-0.4, -0.2) is 23.0 Å². The standard InChI is InChI=1S/C24H27NO6/c1-12(2)8-18(23(27)28)25-22(26)10-16-13(3)15-9-17-14-6-4-5-7-19(14)30-21(17)11-20(15)31-24(16)29/h9,11-12,18H,4-8,10H2,1-3H3,(H,25,26)(H,27,28)/t18-/m0/s1. The molecule has 7 nitrogen and oxygen atoms in total. The molecule has 0 radical (unpaired) electrons. The molecule has 1 atom stereocenters. The maximum absolute atomic E-state index is 12.6. The molecular weight excluding hydrogens is 398 g/mol. The van der Waals surface area contributed by atoms with Gasteiger partial charge in [0.05, 0.1) is 12.0 Å². The summed E-state index contributed by atoms with van der Waals surface area (Å²) < 4.78 is 11.5. The third kappa shape index (κ3) is 4.09. The van der Waals surface area contributed by atoms with E-state index in [4.69, 9.17) is 8.83 Å². The van der Waals surface area contributed by atoms with Crippen LogP contribution in [0.15, 0.2) is 25.8 Å².